The first kappa shape index (κ1) is 18.5. The van der Waals surface area contributed by atoms with Crippen LogP contribution in [0.2, 0.25) is 0 Å². The maximum Gasteiger partial charge on any atom is 0.260 e. The van der Waals surface area contributed by atoms with Crippen molar-refractivity contribution >= 4 is 32.5 Å². The summed E-state index contributed by atoms with van der Waals surface area (Å²) in [5.74, 6) is 1.75. The van der Waals surface area contributed by atoms with Gasteiger partial charge in [-0.1, -0.05) is 12.1 Å². The number of thiophene rings is 1. The van der Waals surface area contributed by atoms with Crippen LogP contribution in [0.25, 0.3) is 32.4 Å². The molecule has 9 heteroatoms. The number of H-pyrrole nitrogens is 2. The smallest absolute Gasteiger partial charge is 0.260 e. The molecule has 0 bridgehead atoms. The van der Waals surface area contributed by atoms with E-state index >= 15 is 0 Å². The summed E-state index contributed by atoms with van der Waals surface area (Å²) < 4.78 is 5.42. The van der Waals surface area contributed by atoms with E-state index in [1.165, 1.54) is 11.3 Å². The predicted molar refractivity (Wildman–Crippen MR) is 115 cm³/mol. The lowest BCUT2D eigenvalue weighted by Gasteiger charge is -2.15. The topological polar surface area (TPSA) is 108 Å². The second-order valence-electron chi connectivity index (χ2n) is 7.02. The van der Waals surface area contributed by atoms with E-state index < -0.39 is 0 Å². The highest BCUT2D eigenvalue weighted by Gasteiger charge is 2.15. The first-order chi connectivity index (χ1) is 14.6. The van der Waals surface area contributed by atoms with Crippen LogP contribution in [-0.2, 0) is 13.1 Å². The number of nitrogens with zero attached hydrogens (tertiary/aromatic N) is 3. The number of para-hydroxylation sites is 1. The van der Waals surface area contributed by atoms with Crippen LogP contribution in [0.5, 0.6) is 0 Å². The Morgan fingerprint density at radius 2 is 1.77 bits per heavy atom. The molecule has 1 aromatic carbocycles. The Hall–Kier alpha value is -3.56. The van der Waals surface area contributed by atoms with Gasteiger partial charge in [-0.2, -0.15) is 0 Å². The Kier molecular flexibility index (Phi) is 4.53. The van der Waals surface area contributed by atoms with E-state index in [0.29, 0.717) is 51.6 Å². The van der Waals surface area contributed by atoms with Gasteiger partial charge in [-0.25, -0.2) is 9.97 Å². The number of fused-ring (bicyclic) bond motifs is 2. The van der Waals surface area contributed by atoms with Gasteiger partial charge in [0.05, 0.1) is 35.6 Å². The molecule has 0 unspecified atom stereocenters. The third-order valence-corrected chi connectivity index (χ3v) is 5.65. The molecule has 5 aromatic rings. The van der Waals surface area contributed by atoms with E-state index in [1.807, 2.05) is 41.6 Å². The number of aromatic amines is 2. The average Bonchev–Trinajstić information content (AvgIpc) is 3.37. The molecule has 0 aliphatic carbocycles. The van der Waals surface area contributed by atoms with Crippen molar-refractivity contribution in [1.82, 2.24) is 24.8 Å². The lowest BCUT2D eigenvalue weighted by atomic mass is 10.2. The molecule has 8 nitrogen and oxygen atoms in total. The van der Waals surface area contributed by atoms with E-state index in [-0.39, 0.29) is 11.1 Å². The molecule has 4 aromatic heterocycles. The van der Waals surface area contributed by atoms with Crippen molar-refractivity contribution in [3.63, 3.8) is 0 Å². The van der Waals surface area contributed by atoms with Crippen LogP contribution in [0.1, 0.15) is 11.6 Å². The fourth-order valence-electron chi connectivity index (χ4n) is 3.46. The van der Waals surface area contributed by atoms with Crippen molar-refractivity contribution in [3.8, 4) is 11.3 Å². The molecule has 2 N–H and O–H groups in total. The number of aromatic nitrogens is 4. The maximum atomic E-state index is 12.7. The van der Waals surface area contributed by atoms with Gasteiger partial charge in [0.2, 0.25) is 0 Å². The van der Waals surface area contributed by atoms with Crippen LogP contribution in [0, 0.1) is 0 Å². The molecule has 0 atom stereocenters. The standard InChI is InChI=1S/C21H17N5O3S/c1-26(9-16-22-14-6-3-2-5-12(14)19(27)23-16)10-17-24-20(28)18-13(11-30-21(18)25-17)15-7-4-8-29-15/h2-8,11H,9-10H2,1H3,(H,22,23,27)(H,24,25,28). The van der Waals surface area contributed by atoms with Crippen molar-refractivity contribution in [1.29, 1.82) is 0 Å². The molecule has 0 aliphatic heterocycles. The summed E-state index contributed by atoms with van der Waals surface area (Å²) in [6, 6.07) is 10.8. The number of rotatable bonds is 5. The van der Waals surface area contributed by atoms with Crippen molar-refractivity contribution < 1.29 is 4.42 Å². The van der Waals surface area contributed by atoms with Crippen LogP contribution in [0.4, 0.5) is 0 Å². The maximum absolute atomic E-state index is 12.7. The van der Waals surface area contributed by atoms with Crippen LogP contribution < -0.4 is 11.1 Å². The zero-order valence-electron chi connectivity index (χ0n) is 16.0. The lowest BCUT2D eigenvalue weighted by Crippen LogP contribution is -2.24. The van der Waals surface area contributed by atoms with E-state index in [2.05, 4.69) is 19.9 Å². The van der Waals surface area contributed by atoms with Crippen molar-refractivity contribution in [2.45, 2.75) is 13.1 Å². The molecule has 150 valence electrons. The lowest BCUT2D eigenvalue weighted by molar-refractivity contribution is 0.303. The average molecular weight is 419 g/mol. The second kappa shape index (κ2) is 7.36. The predicted octanol–water partition coefficient (Wildman–Crippen LogP) is 3.11. The Bertz CT molecular complexity index is 1470. The first-order valence-corrected chi connectivity index (χ1v) is 10.2. The third kappa shape index (κ3) is 3.34. The fraction of sp³-hybridized carbons (Fsp3) is 0.143. The van der Waals surface area contributed by atoms with Crippen molar-refractivity contribution in [3.05, 3.63) is 80.4 Å². The molecule has 0 spiro atoms. The monoisotopic (exact) mass is 419 g/mol. The summed E-state index contributed by atoms with van der Waals surface area (Å²) in [4.78, 5) is 42.3. The van der Waals surface area contributed by atoms with Crippen LogP contribution in [0.15, 0.2) is 62.0 Å². The van der Waals surface area contributed by atoms with E-state index in [9.17, 15) is 9.59 Å². The number of hydrogen-bond donors (Lipinski definition) is 2. The molecule has 0 saturated heterocycles. The van der Waals surface area contributed by atoms with Gasteiger partial charge in [-0.15, -0.1) is 11.3 Å². The molecule has 0 radical (unpaired) electrons. The van der Waals surface area contributed by atoms with E-state index in [1.54, 1.807) is 18.4 Å². The van der Waals surface area contributed by atoms with E-state index in [4.69, 9.17) is 4.42 Å². The molecular weight excluding hydrogens is 402 g/mol. The van der Waals surface area contributed by atoms with Gasteiger partial charge in [0, 0.05) is 10.9 Å². The van der Waals surface area contributed by atoms with Gasteiger partial charge in [-0.05, 0) is 31.3 Å². The fourth-order valence-corrected chi connectivity index (χ4v) is 4.41. The summed E-state index contributed by atoms with van der Waals surface area (Å²) in [6.45, 7) is 0.805. The summed E-state index contributed by atoms with van der Waals surface area (Å²) in [5, 5.41) is 2.97. The minimum Gasteiger partial charge on any atom is -0.464 e. The highest BCUT2D eigenvalue weighted by atomic mass is 32.1. The Morgan fingerprint density at radius 1 is 1.00 bits per heavy atom. The van der Waals surface area contributed by atoms with Gasteiger partial charge in [-0.3, -0.25) is 14.5 Å². The minimum atomic E-state index is -0.201. The molecular formula is C21H17N5O3S. The summed E-state index contributed by atoms with van der Waals surface area (Å²) in [7, 11) is 1.88. The Balaban J connectivity index is 1.40. The SMILES string of the molecule is CN(Cc1nc2ccccc2c(=O)[nH]1)Cc1nc2scc(-c3ccco3)c2c(=O)[nH]1. The molecule has 30 heavy (non-hydrogen) atoms. The molecule has 0 aliphatic rings. The largest absolute Gasteiger partial charge is 0.464 e. The van der Waals surface area contributed by atoms with E-state index in [0.717, 1.165) is 5.56 Å². The van der Waals surface area contributed by atoms with Gasteiger partial charge in [0.25, 0.3) is 11.1 Å². The number of nitrogens with one attached hydrogen (secondary N) is 2. The Labute approximate surface area is 173 Å². The Morgan fingerprint density at radius 3 is 2.57 bits per heavy atom. The summed E-state index contributed by atoms with van der Waals surface area (Å²) in [6.07, 6.45) is 1.58. The first-order valence-electron chi connectivity index (χ1n) is 9.29. The van der Waals surface area contributed by atoms with Crippen LogP contribution >= 0.6 is 11.3 Å². The van der Waals surface area contributed by atoms with Gasteiger partial charge in [0.15, 0.2) is 0 Å². The molecule has 5 rings (SSSR count). The second-order valence-corrected chi connectivity index (χ2v) is 7.88. The van der Waals surface area contributed by atoms with Crippen LogP contribution in [0.3, 0.4) is 0 Å². The molecule has 4 heterocycles. The van der Waals surface area contributed by atoms with Gasteiger partial charge in [0.1, 0.15) is 22.2 Å². The molecule has 0 amide bonds. The number of benzene rings is 1. The van der Waals surface area contributed by atoms with Gasteiger partial charge < -0.3 is 14.4 Å². The van der Waals surface area contributed by atoms with Crippen LogP contribution in [-0.4, -0.2) is 31.9 Å². The molecule has 0 fully saturated rings. The minimum absolute atomic E-state index is 0.166. The number of furan rings is 1. The number of hydrogen-bond acceptors (Lipinski definition) is 7. The highest BCUT2D eigenvalue weighted by molar-refractivity contribution is 7.17. The summed E-state index contributed by atoms with van der Waals surface area (Å²) in [5.41, 5.74) is 1.03. The zero-order valence-corrected chi connectivity index (χ0v) is 16.8. The van der Waals surface area contributed by atoms with Crippen molar-refractivity contribution in [2.75, 3.05) is 7.05 Å². The summed E-state index contributed by atoms with van der Waals surface area (Å²) >= 11 is 1.41. The van der Waals surface area contributed by atoms with Gasteiger partial charge >= 0.3 is 0 Å². The normalized spacial score (nSPS) is 11.7. The molecule has 0 saturated carbocycles. The highest BCUT2D eigenvalue weighted by Crippen LogP contribution is 2.30. The van der Waals surface area contributed by atoms with Crippen molar-refractivity contribution in [2.24, 2.45) is 0 Å². The zero-order chi connectivity index (χ0) is 20.7. The third-order valence-electron chi connectivity index (χ3n) is 4.78. The quantitative estimate of drug-likeness (QED) is 0.453.